The molecule has 0 aromatic carbocycles. The molecule has 7 heteroatoms. The smallest absolute Gasteiger partial charge is 0.183 e. The van der Waals surface area contributed by atoms with Crippen molar-refractivity contribution in [2.45, 2.75) is 77.1 Å². The molecule has 0 aromatic rings. The van der Waals surface area contributed by atoms with Crippen LogP contribution >= 0.6 is 0 Å². The van der Waals surface area contributed by atoms with Crippen LogP contribution in [-0.2, 0) is 13.3 Å². The maximum absolute atomic E-state index is 6.05. The Labute approximate surface area is 144 Å². The van der Waals surface area contributed by atoms with Gasteiger partial charge in [-0.05, 0) is 77.1 Å². The van der Waals surface area contributed by atoms with E-state index in [0.29, 0.717) is 0 Å². The SMILES string of the molecule is C[Si](C)(C)OCC[Si](CCO[Si](C)(C)C)CCO[Si](C)(C)C. The van der Waals surface area contributed by atoms with Crippen molar-refractivity contribution in [1.82, 2.24) is 0 Å². The molecule has 0 heterocycles. The van der Waals surface area contributed by atoms with Crippen LogP contribution in [0.3, 0.4) is 0 Å². The van der Waals surface area contributed by atoms with Gasteiger partial charge in [0.2, 0.25) is 0 Å². The lowest BCUT2D eigenvalue weighted by atomic mass is 10.8. The van der Waals surface area contributed by atoms with E-state index in [-0.39, 0.29) is 0 Å². The van der Waals surface area contributed by atoms with Gasteiger partial charge in [0.05, 0.1) is 8.80 Å². The Hall–Kier alpha value is 0.748. The number of hydrogen-bond donors (Lipinski definition) is 0. The van der Waals surface area contributed by atoms with Gasteiger partial charge in [-0.2, -0.15) is 0 Å². The van der Waals surface area contributed by atoms with E-state index in [4.69, 9.17) is 13.3 Å². The second-order valence-corrected chi connectivity index (χ2v) is 25.4. The lowest BCUT2D eigenvalue weighted by Crippen LogP contribution is -2.31. The average Bonchev–Trinajstić information content (AvgIpc) is 2.23. The molecular weight excluding hydrogens is 341 g/mol. The molecule has 0 aromatic heterocycles. The van der Waals surface area contributed by atoms with E-state index in [1.165, 1.54) is 18.1 Å². The molecule has 0 fully saturated rings. The molecule has 3 nitrogen and oxygen atoms in total. The topological polar surface area (TPSA) is 27.7 Å². The number of rotatable bonds is 12. The Kier molecular flexibility index (Phi) is 10.2. The third kappa shape index (κ3) is 17.1. The van der Waals surface area contributed by atoms with Gasteiger partial charge < -0.3 is 13.3 Å². The summed E-state index contributed by atoms with van der Waals surface area (Å²) in [5, 5.41) is 0. The molecule has 0 aliphatic rings. The second kappa shape index (κ2) is 9.90. The largest absolute Gasteiger partial charge is 0.418 e. The average molecular weight is 380 g/mol. The highest BCUT2D eigenvalue weighted by molar-refractivity contribution is 6.70. The first kappa shape index (κ1) is 22.7. The van der Waals surface area contributed by atoms with Gasteiger partial charge in [-0.3, -0.25) is 0 Å². The molecule has 133 valence electrons. The first-order chi connectivity index (χ1) is 9.79. The predicted molar refractivity (Wildman–Crippen MR) is 108 cm³/mol. The van der Waals surface area contributed by atoms with Gasteiger partial charge in [0.1, 0.15) is 0 Å². The maximum Gasteiger partial charge on any atom is 0.183 e. The zero-order chi connectivity index (χ0) is 17.4. The van der Waals surface area contributed by atoms with Gasteiger partial charge in [0.15, 0.2) is 25.0 Å². The molecule has 0 saturated heterocycles. The van der Waals surface area contributed by atoms with Gasteiger partial charge in [-0.1, -0.05) is 0 Å². The Morgan fingerprint density at radius 1 is 0.500 bits per heavy atom. The standard InChI is InChI=1S/C15H39O3Si4/c1-20(2,3)16-10-13-19(14-11-17-21(4,5)6)15-12-18-22(7,8)9/h10-15H2,1-9H3. The van der Waals surface area contributed by atoms with Gasteiger partial charge in [-0.15, -0.1) is 0 Å². The van der Waals surface area contributed by atoms with Crippen LogP contribution in [0.2, 0.25) is 77.1 Å². The molecule has 0 atom stereocenters. The van der Waals surface area contributed by atoms with E-state index in [9.17, 15) is 0 Å². The highest BCUT2D eigenvalue weighted by Crippen LogP contribution is 2.14. The van der Waals surface area contributed by atoms with E-state index in [2.05, 4.69) is 58.9 Å². The fraction of sp³-hybridized carbons (Fsp3) is 1.00. The van der Waals surface area contributed by atoms with E-state index in [1.54, 1.807) is 0 Å². The Morgan fingerprint density at radius 2 is 0.727 bits per heavy atom. The van der Waals surface area contributed by atoms with Gasteiger partial charge in [0.25, 0.3) is 0 Å². The van der Waals surface area contributed by atoms with Crippen molar-refractivity contribution in [2.24, 2.45) is 0 Å². The Bertz CT molecular complexity index is 245. The minimum atomic E-state index is -1.38. The summed E-state index contributed by atoms with van der Waals surface area (Å²) < 4.78 is 18.2. The molecule has 1 radical (unpaired) electrons. The molecule has 0 aliphatic carbocycles. The highest BCUT2D eigenvalue weighted by atomic mass is 28.4. The van der Waals surface area contributed by atoms with Crippen molar-refractivity contribution in [3.8, 4) is 0 Å². The first-order valence-corrected chi connectivity index (χ1v) is 20.9. The lowest BCUT2D eigenvalue weighted by Gasteiger charge is -2.24. The molecule has 0 rings (SSSR count). The normalized spacial score (nSPS) is 13.9. The van der Waals surface area contributed by atoms with Gasteiger partial charge in [-0.25, -0.2) is 0 Å². The third-order valence-corrected chi connectivity index (χ3v) is 8.92. The maximum atomic E-state index is 6.05. The van der Waals surface area contributed by atoms with Crippen molar-refractivity contribution in [1.29, 1.82) is 0 Å². The molecule has 22 heavy (non-hydrogen) atoms. The third-order valence-electron chi connectivity index (χ3n) is 2.97. The second-order valence-electron chi connectivity index (χ2n) is 8.88. The lowest BCUT2D eigenvalue weighted by molar-refractivity contribution is 0.318. The van der Waals surface area contributed by atoms with Crippen LogP contribution in [0.15, 0.2) is 0 Å². The molecule has 0 N–H and O–H groups in total. The monoisotopic (exact) mass is 379 g/mol. The summed E-state index contributed by atoms with van der Waals surface area (Å²) >= 11 is 0. The van der Waals surface area contributed by atoms with Crippen LogP contribution in [0.25, 0.3) is 0 Å². The molecule has 0 unspecified atom stereocenters. The summed E-state index contributed by atoms with van der Waals surface area (Å²) in [6.07, 6.45) is 0. The zero-order valence-corrected chi connectivity index (χ0v) is 20.5. The summed E-state index contributed by atoms with van der Waals surface area (Å²) in [6.45, 7) is 23.2. The van der Waals surface area contributed by atoms with Crippen LogP contribution in [0.4, 0.5) is 0 Å². The summed E-state index contributed by atoms with van der Waals surface area (Å²) in [5.74, 6) is 0. The van der Waals surface area contributed by atoms with Crippen LogP contribution < -0.4 is 0 Å². The molecule has 0 saturated carbocycles. The van der Waals surface area contributed by atoms with Crippen molar-refractivity contribution in [3.63, 3.8) is 0 Å². The minimum Gasteiger partial charge on any atom is -0.418 e. The van der Waals surface area contributed by atoms with E-state index < -0.39 is 33.7 Å². The Balaban J connectivity index is 4.19. The van der Waals surface area contributed by atoms with Crippen LogP contribution in [0.1, 0.15) is 0 Å². The summed E-state index contributed by atoms with van der Waals surface area (Å²) in [5.41, 5.74) is 0. The summed E-state index contributed by atoms with van der Waals surface area (Å²) in [6, 6.07) is 3.71. The first-order valence-electron chi connectivity index (χ1n) is 8.54. The summed E-state index contributed by atoms with van der Waals surface area (Å²) in [4.78, 5) is 0. The summed E-state index contributed by atoms with van der Waals surface area (Å²) in [7, 11) is -4.56. The fourth-order valence-corrected chi connectivity index (χ4v) is 6.56. The minimum absolute atomic E-state index is 0.419. The number of hydrogen-bond acceptors (Lipinski definition) is 3. The van der Waals surface area contributed by atoms with Crippen molar-refractivity contribution in [2.75, 3.05) is 19.8 Å². The zero-order valence-electron chi connectivity index (χ0n) is 16.5. The van der Waals surface area contributed by atoms with Crippen molar-refractivity contribution >= 4 is 33.7 Å². The van der Waals surface area contributed by atoms with Crippen LogP contribution in [-0.4, -0.2) is 53.6 Å². The Morgan fingerprint density at radius 3 is 0.909 bits per heavy atom. The fourth-order valence-electron chi connectivity index (χ4n) is 1.88. The molecule has 0 bridgehead atoms. The molecule has 0 aliphatic heterocycles. The van der Waals surface area contributed by atoms with Gasteiger partial charge >= 0.3 is 0 Å². The molecule has 0 amide bonds. The van der Waals surface area contributed by atoms with E-state index in [1.807, 2.05) is 0 Å². The predicted octanol–water partition coefficient (Wildman–Crippen LogP) is 5.04. The molecular formula is C15H39O3Si4. The van der Waals surface area contributed by atoms with E-state index >= 15 is 0 Å². The van der Waals surface area contributed by atoms with Gasteiger partial charge in [0, 0.05) is 19.8 Å². The van der Waals surface area contributed by atoms with Crippen molar-refractivity contribution in [3.05, 3.63) is 0 Å². The van der Waals surface area contributed by atoms with Crippen LogP contribution in [0.5, 0.6) is 0 Å². The van der Waals surface area contributed by atoms with E-state index in [0.717, 1.165) is 19.8 Å². The quantitative estimate of drug-likeness (QED) is 0.445. The van der Waals surface area contributed by atoms with Crippen molar-refractivity contribution < 1.29 is 13.3 Å². The van der Waals surface area contributed by atoms with Crippen LogP contribution in [0, 0.1) is 0 Å². The highest BCUT2D eigenvalue weighted by Gasteiger charge is 2.20. The molecule has 0 spiro atoms.